The smallest absolute Gasteiger partial charge is 0.223 e. The first kappa shape index (κ1) is 21.9. The van der Waals surface area contributed by atoms with Gasteiger partial charge in [0.25, 0.3) is 0 Å². The van der Waals surface area contributed by atoms with E-state index < -0.39 is 0 Å². The number of halogens is 1. The Labute approximate surface area is 172 Å². The molecule has 5 nitrogen and oxygen atoms in total. The van der Waals surface area contributed by atoms with Crippen molar-refractivity contribution in [2.75, 3.05) is 26.7 Å². The number of Topliss-reactive ketones (excluding diaryl/α,β-unsaturated/α-hetero) is 1. The molecule has 1 aliphatic heterocycles. The molecule has 28 heavy (non-hydrogen) atoms. The predicted molar refractivity (Wildman–Crippen MR) is 112 cm³/mol. The summed E-state index contributed by atoms with van der Waals surface area (Å²) in [4.78, 5) is 26.8. The monoisotopic (exact) mass is 402 g/mol. The highest BCUT2D eigenvalue weighted by Crippen LogP contribution is 2.32. The number of rotatable bonds is 7. The van der Waals surface area contributed by atoms with E-state index in [2.05, 4.69) is 12.1 Å². The average Bonchev–Trinajstić information content (AvgIpc) is 3.17. The molecule has 0 saturated carbocycles. The van der Waals surface area contributed by atoms with Crippen LogP contribution in [0.4, 0.5) is 0 Å². The van der Waals surface area contributed by atoms with Crippen LogP contribution in [-0.4, -0.2) is 43.3 Å². The van der Waals surface area contributed by atoms with Gasteiger partial charge in [0.2, 0.25) is 5.91 Å². The first-order chi connectivity index (χ1) is 13.1. The van der Waals surface area contributed by atoms with E-state index in [-0.39, 0.29) is 48.8 Å². The Balaban J connectivity index is 0.00000280. The Morgan fingerprint density at radius 2 is 1.71 bits per heavy atom. The topological polar surface area (TPSA) is 72.6 Å². The molecule has 2 atom stereocenters. The predicted octanol–water partition coefficient (Wildman–Crippen LogP) is 3.28. The van der Waals surface area contributed by atoms with Crippen LogP contribution < -0.4 is 10.5 Å². The van der Waals surface area contributed by atoms with Gasteiger partial charge in [0.15, 0.2) is 5.78 Å². The molecule has 2 aromatic rings. The first-order valence-corrected chi connectivity index (χ1v) is 9.32. The molecular weight excluding hydrogens is 376 g/mol. The van der Waals surface area contributed by atoms with Crippen LogP contribution in [0, 0.1) is 5.92 Å². The third-order valence-corrected chi connectivity index (χ3v) is 5.30. The van der Waals surface area contributed by atoms with E-state index in [9.17, 15) is 9.59 Å². The van der Waals surface area contributed by atoms with Crippen LogP contribution in [0.15, 0.2) is 54.6 Å². The molecule has 0 aliphatic carbocycles. The van der Waals surface area contributed by atoms with Gasteiger partial charge in [0.1, 0.15) is 5.75 Å². The van der Waals surface area contributed by atoms with E-state index in [1.54, 1.807) is 31.4 Å². The van der Waals surface area contributed by atoms with Crippen LogP contribution in [0.2, 0.25) is 0 Å². The number of ether oxygens (including phenoxy) is 1. The summed E-state index contributed by atoms with van der Waals surface area (Å²) in [6.07, 6.45) is 0.439. The molecule has 1 amide bonds. The minimum Gasteiger partial charge on any atom is -0.497 e. The first-order valence-electron chi connectivity index (χ1n) is 9.32. The van der Waals surface area contributed by atoms with E-state index in [0.717, 1.165) is 0 Å². The van der Waals surface area contributed by atoms with Crippen molar-refractivity contribution in [2.45, 2.75) is 18.8 Å². The van der Waals surface area contributed by atoms with Crippen molar-refractivity contribution in [3.63, 3.8) is 0 Å². The normalized spacial score (nSPS) is 18.4. The fourth-order valence-electron chi connectivity index (χ4n) is 3.69. The number of amides is 1. The molecule has 0 spiro atoms. The van der Waals surface area contributed by atoms with Crippen molar-refractivity contribution in [1.82, 2.24) is 4.90 Å². The molecule has 0 radical (unpaired) electrons. The summed E-state index contributed by atoms with van der Waals surface area (Å²) < 4.78 is 5.10. The maximum absolute atomic E-state index is 12.6. The molecule has 1 fully saturated rings. The van der Waals surface area contributed by atoms with E-state index >= 15 is 0 Å². The highest BCUT2D eigenvalue weighted by atomic mass is 35.5. The number of methoxy groups -OCH3 is 1. The van der Waals surface area contributed by atoms with E-state index in [4.69, 9.17) is 10.5 Å². The van der Waals surface area contributed by atoms with E-state index in [1.165, 1.54) is 5.56 Å². The summed E-state index contributed by atoms with van der Waals surface area (Å²) in [5.74, 6) is 1.22. The summed E-state index contributed by atoms with van der Waals surface area (Å²) in [5, 5.41) is 0. The summed E-state index contributed by atoms with van der Waals surface area (Å²) in [7, 11) is 1.59. The van der Waals surface area contributed by atoms with E-state index in [0.29, 0.717) is 30.9 Å². The zero-order valence-corrected chi connectivity index (χ0v) is 16.9. The minimum absolute atomic E-state index is 0. The van der Waals surface area contributed by atoms with Crippen LogP contribution >= 0.6 is 12.4 Å². The van der Waals surface area contributed by atoms with Crippen molar-refractivity contribution in [1.29, 1.82) is 0 Å². The lowest BCUT2D eigenvalue weighted by molar-refractivity contribution is -0.130. The zero-order chi connectivity index (χ0) is 19.2. The van der Waals surface area contributed by atoms with Crippen LogP contribution in [0.5, 0.6) is 5.75 Å². The second-order valence-electron chi connectivity index (χ2n) is 6.96. The quantitative estimate of drug-likeness (QED) is 0.721. The number of nitrogens with zero attached hydrogens (tertiary/aromatic N) is 1. The standard InChI is InChI=1S/C22H26N2O3.ClH/c1-27-19-9-7-17(8-10-19)21(25)11-12-22(26)24-14-18(13-23)20(15-24)16-5-3-2-4-6-16;/h2-10,18,20H,11-15,23H2,1H3;1H/t18-,20+;/m1./s1. The Kier molecular flexibility index (Phi) is 8.03. The number of benzene rings is 2. The maximum atomic E-state index is 12.6. The Hall–Kier alpha value is -2.37. The summed E-state index contributed by atoms with van der Waals surface area (Å²) in [5.41, 5.74) is 7.77. The molecule has 150 valence electrons. The molecule has 0 aromatic heterocycles. The van der Waals surface area contributed by atoms with Crippen molar-refractivity contribution < 1.29 is 14.3 Å². The maximum Gasteiger partial charge on any atom is 0.223 e. The molecule has 6 heteroatoms. The minimum atomic E-state index is -0.0276. The molecule has 0 unspecified atom stereocenters. The number of hydrogen-bond acceptors (Lipinski definition) is 4. The van der Waals surface area contributed by atoms with Gasteiger partial charge in [-0.3, -0.25) is 9.59 Å². The van der Waals surface area contributed by atoms with Gasteiger partial charge in [-0.2, -0.15) is 0 Å². The number of carbonyl (C=O) groups excluding carboxylic acids is 2. The van der Waals surface area contributed by atoms with Gasteiger partial charge in [-0.05, 0) is 42.3 Å². The number of hydrogen-bond donors (Lipinski definition) is 1. The van der Waals surface area contributed by atoms with Gasteiger partial charge in [-0.15, -0.1) is 12.4 Å². The number of ketones is 1. The Bertz CT molecular complexity index is 780. The lowest BCUT2D eigenvalue weighted by Crippen LogP contribution is -2.30. The van der Waals surface area contributed by atoms with Crippen LogP contribution in [0.25, 0.3) is 0 Å². The van der Waals surface area contributed by atoms with Gasteiger partial charge in [0.05, 0.1) is 7.11 Å². The molecule has 1 aliphatic rings. The number of nitrogens with two attached hydrogens (primary N) is 1. The average molecular weight is 403 g/mol. The molecular formula is C22H27ClN2O3. The summed E-state index contributed by atoms with van der Waals surface area (Å²) in [6.45, 7) is 1.88. The van der Waals surface area contributed by atoms with Gasteiger partial charge in [0, 0.05) is 37.4 Å². The molecule has 0 bridgehead atoms. The summed E-state index contributed by atoms with van der Waals surface area (Å²) >= 11 is 0. The lowest BCUT2D eigenvalue weighted by Gasteiger charge is -2.16. The molecule has 1 saturated heterocycles. The third-order valence-electron chi connectivity index (χ3n) is 5.30. The van der Waals surface area contributed by atoms with Gasteiger partial charge >= 0.3 is 0 Å². The van der Waals surface area contributed by atoms with Crippen molar-refractivity contribution >= 4 is 24.1 Å². The second kappa shape index (κ2) is 10.2. The Morgan fingerprint density at radius 3 is 2.32 bits per heavy atom. The Morgan fingerprint density at radius 1 is 1.04 bits per heavy atom. The lowest BCUT2D eigenvalue weighted by atomic mass is 9.89. The van der Waals surface area contributed by atoms with Crippen molar-refractivity contribution in [3.8, 4) is 5.75 Å². The van der Waals surface area contributed by atoms with E-state index in [1.807, 2.05) is 23.1 Å². The zero-order valence-electron chi connectivity index (χ0n) is 16.0. The van der Waals surface area contributed by atoms with Gasteiger partial charge in [-0.1, -0.05) is 30.3 Å². The summed E-state index contributed by atoms with van der Waals surface area (Å²) in [6, 6.07) is 17.2. The molecule has 2 aromatic carbocycles. The van der Waals surface area contributed by atoms with Crippen LogP contribution in [0.1, 0.15) is 34.7 Å². The van der Waals surface area contributed by atoms with Crippen LogP contribution in [-0.2, 0) is 4.79 Å². The van der Waals surface area contributed by atoms with Gasteiger partial charge in [-0.25, -0.2) is 0 Å². The number of carbonyl (C=O) groups is 2. The van der Waals surface area contributed by atoms with Crippen LogP contribution in [0.3, 0.4) is 0 Å². The highest BCUT2D eigenvalue weighted by molar-refractivity contribution is 5.98. The van der Waals surface area contributed by atoms with Gasteiger partial charge < -0.3 is 15.4 Å². The van der Waals surface area contributed by atoms with Crippen molar-refractivity contribution in [3.05, 3.63) is 65.7 Å². The molecule has 3 rings (SSSR count). The largest absolute Gasteiger partial charge is 0.497 e. The van der Waals surface area contributed by atoms with Crippen molar-refractivity contribution in [2.24, 2.45) is 11.7 Å². The highest BCUT2D eigenvalue weighted by Gasteiger charge is 2.35. The third kappa shape index (κ3) is 5.12. The fraction of sp³-hybridized carbons (Fsp3) is 0.364. The second-order valence-corrected chi connectivity index (χ2v) is 6.96. The molecule has 1 heterocycles. The SMILES string of the molecule is COc1ccc(C(=O)CCC(=O)N2C[C@@H](CN)[C@H](c3ccccc3)C2)cc1.Cl. The number of likely N-dealkylation sites (tertiary alicyclic amines) is 1. The fourth-order valence-corrected chi connectivity index (χ4v) is 3.69. The molecule has 2 N–H and O–H groups in total.